The highest BCUT2D eigenvalue weighted by atomic mass is 31.2. The molecule has 0 heterocycles. The van der Waals surface area contributed by atoms with Crippen molar-refractivity contribution in [1.29, 1.82) is 0 Å². The highest BCUT2D eigenvalue weighted by molar-refractivity contribution is 8.08. The van der Waals surface area contributed by atoms with Crippen molar-refractivity contribution in [3.8, 4) is 5.75 Å². The van der Waals surface area contributed by atoms with Gasteiger partial charge in [-0.05, 0) is 57.4 Å². The van der Waals surface area contributed by atoms with Crippen molar-refractivity contribution in [1.82, 2.24) is 0 Å². The zero-order chi connectivity index (χ0) is 15.5. The summed E-state index contributed by atoms with van der Waals surface area (Å²) >= 11 is 0. The van der Waals surface area contributed by atoms with E-state index in [2.05, 4.69) is 65.0 Å². The molecular formula is C18H24BOP+. The minimum absolute atomic E-state index is 0.324. The summed E-state index contributed by atoms with van der Waals surface area (Å²) in [5, 5.41) is 10.9. The molecule has 0 aliphatic rings. The van der Waals surface area contributed by atoms with Gasteiger partial charge in [0.2, 0.25) is 0 Å². The molecule has 3 heteroatoms. The molecular weight excluding hydrogens is 274 g/mol. The monoisotopic (exact) mass is 298 g/mol. The van der Waals surface area contributed by atoms with Crippen molar-refractivity contribution in [2.24, 2.45) is 0 Å². The minimum atomic E-state index is -1.44. The van der Waals surface area contributed by atoms with Crippen LogP contribution in [0.5, 0.6) is 5.75 Å². The lowest BCUT2D eigenvalue weighted by atomic mass is 9.94. The van der Waals surface area contributed by atoms with Crippen LogP contribution in [0.2, 0.25) is 0 Å². The van der Waals surface area contributed by atoms with Crippen molar-refractivity contribution in [2.75, 3.05) is 0 Å². The normalized spacial score (nSPS) is 11.9. The maximum atomic E-state index is 9.49. The van der Waals surface area contributed by atoms with Crippen LogP contribution in [0.3, 0.4) is 0 Å². The van der Waals surface area contributed by atoms with Crippen LogP contribution in [0.1, 0.15) is 27.7 Å². The Morgan fingerprint density at radius 1 is 0.810 bits per heavy atom. The zero-order valence-corrected chi connectivity index (χ0v) is 14.2. The van der Waals surface area contributed by atoms with Crippen LogP contribution in [0.25, 0.3) is 0 Å². The van der Waals surface area contributed by atoms with Crippen molar-refractivity contribution in [3.63, 3.8) is 0 Å². The Bertz CT molecular complexity index is 556. The topological polar surface area (TPSA) is 20.2 Å². The molecule has 1 radical (unpaired) electrons. The summed E-state index contributed by atoms with van der Waals surface area (Å²) in [5.41, 5.74) is 2.38. The molecule has 0 aromatic heterocycles. The lowest BCUT2D eigenvalue weighted by Gasteiger charge is -2.34. The van der Waals surface area contributed by atoms with Gasteiger partial charge in [0.1, 0.15) is 5.75 Å². The van der Waals surface area contributed by atoms with Gasteiger partial charge in [-0.2, -0.15) is 0 Å². The minimum Gasteiger partial charge on any atom is -0.508 e. The van der Waals surface area contributed by atoms with Crippen molar-refractivity contribution < 1.29 is 5.11 Å². The van der Waals surface area contributed by atoms with E-state index in [-0.39, 0.29) is 0 Å². The predicted octanol–water partition coefficient (Wildman–Crippen LogP) is 3.80. The number of hydrogen-bond acceptors (Lipinski definition) is 1. The van der Waals surface area contributed by atoms with Gasteiger partial charge in [0.15, 0.2) is 0 Å². The number of aromatic hydroxyl groups is 1. The first kappa shape index (κ1) is 16.1. The number of rotatable bonds is 5. The number of phenols is 1. The number of phenolic OH excluding ortho intramolecular Hbond substituents is 1. The molecule has 0 saturated heterocycles. The molecule has 0 aliphatic heterocycles. The first-order valence-electron chi connectivity index (χ1n) is 7.55. The maximum absolute atomic E-state index is 9.49. The van der Waals surface area contributed by atoms with Gasteiger partial charge in [-0.3, -0.25) is 0 Å². The average Bonchev–Trinajstić information content (AvgIpc) is 2.47. The molecule has 0 fully saturated rings. The molecule has 0 amide bonds. The fraction of sp³-hybridized carbons (Fsp3) is 0.333. The van der Waals surface area contributed by atoms with Crippen molar-refractivity contribution >= 4 is 24.9 Å². The van der Waals surface area contributed by atoms with Gasteiger partial charge in [-0.1, -0.05) is 30.3 Å². The lowest BCUT2D eigenvalue weighted by Crippen LogP contribution is -2.35. The van der Waals surface area contributed by atoms with Crippen LogP contribution in [0, 0.1) is 0 Å². The van der Waals surface area contributed by atoms with E-state index < -0.39 is 7.14 Å². The second-order valence-corrected chi connectivity index (χ2v) is 10.6. The quantitative estimate of drug-likeness (QED) is 0.657. The average molecular weight is 298 g/mol. The van der Waals surface area contributed by atoms with Crippen LogP contribution in [0.15, 0.2) is 54.6 Å². The first-order chi connectivity index (χ1) is 9.96. The third kappa shape index (κ3) is 3.32. The van der Waals surface area contributed by atoms with E-state index in [1.807, 2.05) is 12.1 Å². The molecule has 2 aromatic rings. The van der Waals surface area contributed by atoms with E-state index in [0.29, 0.717) is 17.1 Å². The van der Waals surface area contributed by atoms with E-state index >= 15 is 0 Å². The predicted molar refractivity (Wildman–Crippen MR) is 96.8 cm³/mol. The van der Waals surface area contributed by atoms with E-state index in [9.17, 15) is 5.11 Å². The summed E-state index contributed by atoms with van der Waals surface area (Å²) in [7, 11) is -1.44. The highest BCUT2D eigenvalue weighted by Crippen LogP contribution is 2.63. The molecule has 2 rings (SSSR count). The summed E-state index contributed by atoms with van der Waals surface area (Å²) in [5.74, 6) is 0.324. The molecule has 1 N–H and O–H groups in total. The van der Waals surface area contributed by atoms with Gasteiger partial charge in [0.05, 0.1) is 16.6 Å². The highest BCUT2D eigenvalue weighted by Gasteiger charge is 2.47. The Kier molecular flexibility index (Phi) is 5.11. The summed E-state index contributed by atoms with van der Waals surface area (Å²) in [6.07, 6.45) is 0. The molecule has 0 unspecified atom stereocenters. The van der Waals surface area contributed by atoms with Gasteiger partial charge in [-0.25, -0.2) is 0 Å². The first-order valence-corrected chi connectivity index (χ1v) is 9.55. The fourth-order valence-electron chi connectivity index (χ4n) is 3.06. The second kappa shape index (κ2) is 6.66. The van der Waals surface area contributed by atoms with E-state index in [1.165, 1.54) is 10.8 Å². The van der Waals surface area contributed by atoms with Gasteiger partial charge in [-0.15, -0.1) is 0 Å². The van der Waals surface area contributed by atoms with E-state index in [4.69, 9.17) is 0 Å². The SMILES string of the molecule is CC(C)[P+]([B]c1ccc(O)cc1)(c1ccccc1)C(C)C. The largest absolute Gasteiger partial charge is 0.508 e. The van der Waals surface area contributed by atoms with Crippen LogP contribution in [0.4, 0.5) is 0 Å². The summed E-state index contributed by atoms with van der Waals surface area (Å²) < 4.78 is 0. The van der Waals surface area contributed by atoms with E-state index in [0.717, 1.165) is 0 Å². The smallest absolute Gasteiger partial charge is 0.401 e. The molecule has 0 aliphatic carbocycles. The van der Waals surface area contributed by atoms with Crippen LogP contribution < -0.4 is 10.8 Å². The van der Waals surface area contributed by atoms with Gasteiger partial charge in [0, 0.05) is 7.14 Å². The van der Waals surface area contributed by atoms with Gasteiger partial charge >= 0.3 is 7.00 Å². The number of benzene rings is 2. The molecule has 21 heavy (non-hydrogen) atoms. The molecule has 0 bridgehead atoms. The molecule has 1 nitrogen and oxygen atoms in total. The van der Waals surface area contributed by atoms with Crippen molar-refractivity contribution in [3.05, 3.63) is 54.6 Å². The fourth-order valence-corrected chi connectivity index (χ4v) is 7.54. The summed E-state index contributed by atoms with van der Waals surface area (Å²) in [6, 6.07) is 18.5. The molecule has 2 aromatic carbocycles. The Labute approximate surface area is 130 Å². The Morgan fingerprint density at radius 2 is 1.33 bits per heavy atom. The second-order valence-electron chi connectivity index (χ2n) is 6.08. The Hall–Kier alpha value is -1.27. The Morgan fingerprint density at radius 3 is 1.81 bits per heavy atom. The van der Waals surface area contributed by atoms with Gasteiger partial charge in [0.25, 0.3) is 0 Å². The van der Waals surface area contributed by atoms with Crippen LogP contribution in [-0.2, 0) is 0 Å². The third-order valence-corrected chi connectivity index (χ3v) is 9.50. The van der Waals surface area contributed by atoms with E-state index in [1.54, 1.807) is 12.1 Å². The molecule has 0 atom stereocenters. The summed E-state index contributed by atoms with van der Waals surface area (Å²) in [4.78, 5) is 0. The molecule has 0 saturated carbocycles. The number of hydrogen-bond donors (Lipinski definition) is 1. The molecule has 0 spiro atoms. The molecule has 109 valence electrons. The third-order valence-electron chi connectivity index (χ3n) is 4.17. The van der Waals surface area contributed by atoms with Crippen molar-refractivity contribution in [2.45, 2.75) is 39.0 Å². The Balaban J connectivity index is 2.47. The standard InChI is InChI=1S/C18H24BOP/c1-14(2)21(15(3)4,18-8-6-5-7-9-18)19-16-10-12-17(20)13-11-16/h5-15,20H,1-4H3/q+1. The summed E-state index contributed by atoms with van der Waals surface area (Å²) in [6.45, 7) is 11.8. The lowest BCUT2D eigenvalue weighted by molar-refractivity contribution is 0.475. The van der Waals surface area contributed by atoms with Crippen LogP contribution in [-0.4, -0.2) is 23.4 Å². The zero-order valence-electron chi connectivity index (χ0n) is 13.3. The van der Waals surface area contributed by atoms with Gasteiger partial charge < -0.3 is 5.11 Å². The maximum Gasteiger partial charge on any atom is 0.401 e. The van der Waals surface area contributed by atoms with Crippen LogP contribution >= 0.6 is 7.14 Å².